The Morgan fingerprint density at radius 3 is 2.60 bits per heavy atom. The number of nitrogens with one attached hydrogen (secondary N) is 1. The fourth-order valence-electron chi connectivity index (χ4n) is 1.53. The van der Waals surface area contributed by atoms with Crippen molar-refractivity contribution in [2.75, 3.05) is 0 Å². The van der Waals surface area contributed by atoms with Gasteiger partial charge in [0.1, 0.15) is 5.82 Å². The highest BCUT2D eigenvalue weighted by Crippen LogP contribution is 2.15. The Morgan fingerprint density at radius 2 is 1.95 bits per heavy atom. The fraction of sp³-hybridized carbons (Fsp3) is 0.0667. The number of halogens is 2. The number of hydrogen-bond donors (Lipinski definition) is 1. The summed E-state index contributed by atoms with van der Waals surface area (Å²) in [4.78, 5) is 11.8. The minimum atomic E-state index is -0.342. The van der Waals surface area contributed by atoms with Crippen molar-refractivity contribution in [3.8, 4) is 0 Å². The van der Waals surface area contributed by atoms with Gasteiger partial charge in [-0.25, -0.2) is 9.82 Å². The molecule has 0 bridgehead atoms. The molecule has 0 unspecified atom stereocenters. The van der Waals surface area contributed by atoms with E-state index in [-0.39, 0.29) is 11.7 Å². The van der Waals surface area contributed by atoms with Gasteiger partial charge in [0.25, 0.3) is 5.91 Å². The van der Waals surface area contributed by atoms with Crippen molar-refractivity contribution in [1.29, 1.82) is 0 Å². The van der Waals surface area contributed by atoms with Crippen LogP contribution in [0, 0.1) is 12.7 Å². The van der Waals surface area contributed by atoms with E-state index in [1.807, 2.05) is 19.1 Å². The zero-order chi connectivity index (χ0) is 14.5. The maximum Gasteiger partial charge on any atom is 0.271 e. The number of benzene rings is 2. The highest BCUT2D eigenvalue weighted by atomic mass is 79.9. The van der Waals surface area contributed by atoms with Gasteiger partial charge in [0.15, 0.2) is 0 Å². The highest BCUT2D eigenvalue weighted by Gasteiger charge is 2.03. The first-order valence-corrected chi connectivity index (χ1v) is 6.70. The topological polar surface area (TPSA) is 41.5 Å². The predicted octanol–water partition coefficient (Wildman–Crippen LogP) is 3.66. The molecule has 2 aromatic rings. The maximum atomic E-state index is 13.0. The Hall–Kier alpha value is -2.01. The second-order valence-electron chi connectivity index (χ2n) is 4.24. The van der Waals surface area contributed by atoms with E-state index in [0.29, 0.717) is 15.6 Å². The Labute approximate surface area is 124 Å². The van der Waals surface area contributed by atoms with Crippen LogP contribution < -0.4 is 5.43 Å². The van der Waals surface area contributed by atoms with E-state index in [2.05, 4.69) is 26.5 Å². The fourth-order valence-corrected chi connectivity index (χ4v) is 1.92. The largest absolute Gasteiger partial charge is 0.271 e. The van der Waals surface area contributed by atoms with Crippen LogP contribution in [0.2, 0.25) is 0 Å². The van der Waals surface area contributed by atoms with E-state index >= 15 is 0 Å². The van der Waals surface area contributed by atoms with Gasteiger partial charge in [-0.15, -0.1) is 0 Å². The summed E-state index contributed by atoms with van der Waals surface area (Å²) in [5.41, 5.74) is 4.72. The van der Waals surface area contributed by atoms with Crippen LogP contribution in [0.1, 0.15) is 21.5 Å². The van der Waals surface area contributed by atoms with Crippen molar-refractivity contribution in [2.24, 2.45) is 5.10 Å². The Bertz CT molecular complexity index is 653. The lowest BCUT2D eigenvalue weighted by molar-refractivity contribution is 0.0955. The molecular formula is C15H12BrFN2O. The monoisotopic (exact) mass is 334 g/mol. The molecule has 2 aromatic carbocycles. The SMILES string of the molecule is Cc1ccc(C(=O)N/N=C\c2ccc(F)c(Br)c2)cc1. The number of amides is 1. The summed E-state index contributed by atoms with van der Waals surface area (Å²) < 4.78 is 13.4. The molecule has 0 atom stereocenters. The summed E-state index contributed by atoms with van der Waals surface area (Å²) in [6.07, 6.45) is 1.45. The van der Waals surface area contributed by atoms with Crippen LogP contribution in [-0.2, 0) is 0 Å². The number of hydrogen-bond acceptors (Lipinski definition) is 2. The van der Waals surface area contributed by atoms with Crippen molar-refractivity contribution < 1.29 is 9.18 Å². The number of nitrogens with zero attached hydrogens (tertiary/aromatic N) is 1. The maximum absolute atomic E-state index is 13.0. The molecule has 0 aliphatic rings. The molecule has 2 rings (SSSR count). The molecule has 0 radical (unpaired) electrons. The van der Waals surface area contributed by atoms with E-state index in [1.165, 1.54) is 12.3 Å². The Balaban J connectivity index is 2.00. The average Bonchev–Trinajstić information content (AvgIpc) is 2.43. The quantitative estimate of drug-likeness (QED) is 0.675. The smallest absolute Gasteiger partial charge is 0.267 e. The molecule has 0 aliphatic heterocycles. The highest BCUT2D eigenvalue weighted by molar-refractivity contribution is 9.10. The lowest BCUT2D eigenvalue weighted by atomic mass is 10.1. The second-order valence-corrected chi connectivity index (χ2v) is 5.09. The molecule has 0 fully saturated rings. The molecule has 20 heavy (non-hydrogen) atoms. The molecule has 0 aliphatic carbocycles. The van der Waals surface area contributed by atoms with Crippen molar-refractivity contribution in [3.05, 3.63) is 69.4 Å². The zero-order valence-electron chi connectivity index (χ0n) is 10.7. The van der Waals surface area contributed by atoms with Crippen molar-refractivity contribution in [1.82, 2.24) is 5.43 Å². The number of carbonyl (C=O) groups is 1. The van der Waals surface area contributed by atoms with Gasteiger partial charge in [0.2, 0.25) is 0 Å². The summed E-state index contributed by atoms with van der Waals surface area (Å²) in [7, 11) is 0. The molecule has 0 saturated carbocycles. The molecule has 0 saturated heterocycles. The summed E-state index contributed by atoms with van der Waals surface area (Å²) in [6.45, 7) is 1.95. The van der Waals surface area contributed by atoms with E-state index < -0.39 is 0 Å². The van der Waals surface area contributed by atoms with Gasteiger partial charge in [-0.1, -0.05) is 23.8 Å². The molecule has 0 spiro atoms. The number of rotatable bonds is 3. The van der Waals surface area contributed by atoms with Gasteiger partial charge in [0, 0.05) is 5.56 Å². The predicted molar refractivity (Wildman–Crippen MR) is 80.3 cm³/mol. The van der Waals surface area contributed by atoms with Gasteiger partial charge in [-0.05, 0) is 52.7 Å². The normalized spacial score (nSPS) is 10.8. The Morgan fingerprint density at radius 1 is 1.25 bits per heavy atom. The first-order chi connectivity index (χ1) is 9.56. The molecule has 0 aromatic heterocycles. The van der Waals surface area contributed by atoms with Crippen molar-refractivity contribution in [3.63, 3.8) is 0 Å². The molecule has 3 nitrogen and oxygen atoms in total. The van der Waals surface area contributed by atoms with Crippen LogP contribution in [-0.4, -0.2) is 12.1 Å². The first-order valence-electron chi connectivity index (χ1n) is 5.91. The van der Waals surface area contributed by atoms with Gasteiger partial charge in [-0.3, -0.25) is 4.79 Å². The van der Waals surface area contributed by atoms with E-state index in [9.17, 15) is 9.18 Å². The minimum absolute atomic E-state index is 0.289. The molecule has 1 amide bonds. The van der Waals surface area contributed by atoms with E-state index in [4.69, 9.17) is 0 Å². The third-order valence-electron chi connectivity index (χ3n) is 2.64. The molecule has 0 heterocycles. The van der Waals surface area contributed by atoms with Gasteiger partial charge >= 0.3 is 0 Å². The standard InChI is InChI=1S/C15H12BrFN2O/c1-10-2-5-12(6-3-10)15(20)19-18-9-11-4-7-14(17)13(16)8-11/h2-9H,1H3,(H,19,20)/b18-9-. The second kappa shape index (κ2) is 6.43. The third-order valence-corrected chi connectivity index (χ3v) is 3.24. The number of aryl methyl sites for hydroxylation is 1. The first kappa shape index (κ1) is 14.4. The van der Waals surface area contributed by atoms with Gasteiger partial charge in [-0.2, -0.15) is 5.10 Å². The minimum Gasteiger partial charge on any atom is -0.267 e. The average molecular weight is 335 g/mol. The van der Waals surface area contributed by atoms with E-state index in [0.717, 1.165) is 5.56 Å². The lowest BCUT2D eigenvalue weighted by Crippen LogP contribution is -2.17. The number of hydrazone groups is 1. The van der Waals surface area contributed by atoms with Crippen LogP contribution in [0.4, 0.5) is 4.39 Å². The molecular weight excluding hydrogens is 323 g/mol. The third kappa shape index (κ3) is 3.74. The zero-order valence-corrected chi connectivity index (χ0v) is 12.3. The number of carbonyl (C=O) groups excluding carboxylic acids is 1. The van der Waals surface area contributed by atoms with E-state index in [1.54, 1.807) is 24.3 Å². The van der Waals surface area contributed by atoms with Crippen molar-refractivity contribution >= 4 is 28.1 Å². The summed E-state index contributed by atoms with van der Waals surface area (Å²) >= 11 is 3.09. The van der Waals surface area contributed by atoms with Crippen molar-refractivity contribution in [2.45, 2.75) is 6.92 Å². The summed E-state index contributed by atoms with van der Waals surface area (Å²) in [6, 6.07) is 11.7. The molecule has 1 N–H and O–H groups in total. The van der Waals surface area contributed by atoms with Crippen LogP contribution in [0.5, 0.6) is 0 Å². The van der Waals surface area contributed by atoms with Gasteiger partial charge in [0.05, 0.1) is 10.7 Å². The summed E-state index contributed by atoms with van der Waals surface area (Å²) in [5.74, 6) is -0.631. The van der Waals surface area contributed by atoms with Crippen LogP contribution in [0.15, 0.2) is 52.0 Å². The van der Waals surface area contributed by atoms with Crippen LogP contribution >= 0.6 is 15.9 Å². The van der Waals surface area contributed by atoms with Crippen LogP contribution in [0.3, 0.4) is 0 Å². The Kier molecular flexibility index (Phi) is 4.63. The lowest BCUT2D eigenvalue weighted by Gasteiger charge is -2.00. The molecule has 102 valence electrons. The van der Waals surface area contributed by atoms with Gasteiger partial charge < -0.3 is 0 Å². The molecule has 5 heteroatoms. The summed E-state index contributed by atoms with van der Waals surface area (Å²) in [5, 5.41) is 3.84. The van der Waals surface area contributed by atoms with Crippen LogP contribution in [0.25, 0.3) is 0 Å².